The van der Waals surface area contributed by atoms with Gasteiger partial charge in [0.2, 0.25) is 0 Å². The van der Waals surface area contributed by atoms with Crippen LogP contribution in [-0.2, 0) is 9.84 Å². The molecular weight excluding hydrogens is 324 g/mol. The van der Waals surface area contributed by atoms with Gasteiger partial charge in [0.25, 0.3) is 0 Å². The molecule has 0 radical (unpaired) electrons. The molecule has 1 aliphatic heterocycles. The number of hydrogen-bond donors (Lipinski definition) is 0. The highest BCUT2D eigenvalue weighted by Crippen LogP contribution is 2.32. The zero-order chi connectivity index (χ0) is 16.6. The molecule has 0 bridgehead atoms. The van der Waals surface area contributed by atoms with Gasteiger partial charge in [-0.05, 0) is 36.8 Å². The van der Waals surface area contributed by atoms with E-state index >= 15 is 0 Å². The summed E-state index contributed by atoms with van der Waals surface area (Å²) in [6, 6.07) is 9.45. The van der Waals surface area contributed by atoms with Gasteiger partial charge in [-0.15, -0.1) is 0 Å². The Morgan fingerprint density at radius 3 is 2.33 bits per heavy atom. The van der Waals surface area contributed by atoms with Crippen molar-refractivity contribution in [2.75, 3.05) is 11.5 Å². The first kappa shape index (κ1) is 15.0. The summed E-state index contributed by atoms with van der Waals surface area (Å²) in [5.74, 6) is 0.348. The molecular formula is C17H16N4O2S. The molecule has 6 nitrogen and oxygen atoms in total. The quantitative estimate of drug-likeness (QED) is 0.731. The maximum Gasteiger partial charge on any atom is 0.152 e. The molecule has 0 spiro atoms. The second-order valence-electron chi connectivity index (χ2n) is 5.90. The van der Waals surface area contributed by atoms with Gasteiger partial charge in [0.05, 0.1) is 28.9 Å². The zero-order valence-electron chi connectivity index (χ0n) is 12.9. The SMILES string of the molecule is O=S1(=O)CCC(n2nc(-c3cccnc3)cc2-c2cccnc2)C1. The zero-order valence-corrected chi connectivity index (χ0v) is 13.7. The second kappa shape index (κ2) is 5.83. The van der Waals surface area contributed by atoms with E-state index < -0.39 is 9.84 Å². The number of pyridine rings is 2. The fourth-order valence-electron chi connectivity index (χ4n) is 3.03. The maximum absolute atomic E-state index is 11.9. The van der Waals surface area contributed by atoms with E-state index in [0.717, 1.165) is 22.5 Å². The predicted octanol–water partition coefficient (Wildman–Crippen LogP) is 2.37. The van der Waals surface area contributed by atoms with Crippen LogP contribution < -0.4 is 0 Å². The fraction of sp³-hybridized carbons (Fsp3) is 0.235. The molecule has 7 heteroatoms. The molecule has 122 valence electrons. The lowest BCUT2D eigenvalue weighted by Crippen LogP contribution is -2.13. The lowest BCUT2D eigenvalue weighted by Gasteiger charge is -2.13. The third-order valence-corrected chi connectivity index (χ3v) is 5.95. The highest BCUT2D eigenvalue weighted by atomic mass is 32.2. The summed E-state index contributed by atoms with van der Waals surface area (Å²) in [5.41, 5.74) is 3.49. The van der Waals surface area contributed by atoms with Gasteiger partial charge in [0, 0.05) is 35.9 Å². The Morgan fingerprint density at radius 1 is 1.04 bits per heavy atom. The summed E-state index contributed by atoms with van der Waals surface area (Å²) in [4.78, 5) is 8.30. The van der Waals surface area contributed by atoms with E-state index in [4.69, 9.17) is 0 Å². The molecule has 0 aromatic carbocycles. The van der Waals surface area contributed by atoms with Crippen LogP contribution in [0.5, 0.6) is 0 Å². The summed E-state index contributed by atoms with van der Waals surface area (Å²) in [6.45, 7) is 0. The molecule has 0 aliphatic carbocycles. The standard InChI is InChI=1S/C17H16N4O2S/c22-24(23)8-5-15(12-24)21-17(14-4-2-7-19-11-14)9-16(20-21)13-3-1-6-18-10-13/h1-4,6-7,9-11,15H,5,8,12H2. The Morgan fingerprint density at radius 2 is 1.75 bits per heavy atom. The van der Waals surface area contributed by atoms with Crippen LogP contribution in [0.2, 0.25) is 0 Å². The molecule has 1 atom stereocenters. The van der Waals surface area contributed by atoms with Gasteiger partial charge < -0.3 is 0 Å². The van der Waals surface area contributed by atoms with E-state index in [1.54, 1.807) is 24.8 Å². The molecule has 24 heavy (non-hydrogen) atoms. The minimum atomic E-state index is -2.99. The van der Waals surface area contributed by atoms with Crippen LogP contribution in [0.1, 0.15) is 12.5 Å². The van der Waals surface area contributed by atoms with Crippen molar-refractivity contribution in [2.24, 2.45) is 0 Å². The van der Waals surface area contributed by atoms with Crippen molar-refractivity contribution in [2.45, 2.75) is 12.5 Å². The Bertz CT molecular complexity index is 953. The van der Waals surface area contributed by atoms with Crippen LogP contribution in [0.25, 0.3) is 22.5 Å². The number of aromatic nitrogens is 4. The van der Waals surface area contributed by atoms with E-state index in [2.05, 4.69) is 15.1 Å². The van der Waals surface area contributed by atoms with Gasteiger partial charge in [-0.25, -0.2) is 8.42 Å². The first-order valence-electron chi connectivity index (χ1n) is 7.73. The Balaban J connectivity index is 1.83. The molecule has 0 saturated carbocycles. The molecule has 4 rings (SSSR count). The van der Waals surface area contributed by atoms with Gasteiger partial charge in [-0.2, -0.15) is 5.10 Å². The van der Waals surface area contributed by atoms with Crippen molar-refractivity contribution >= 4 is 9.84 Å². The van der Waals surface area contributed by atoms with E-state index in [0.29, 0.717) is 6.42 Å². The van der Waals surface area contributed by atoms with Crippen LogP contribution in [0.4, 0.5) is 0 Å². The van der Waals surface area contributed by atoms with Crippen molar-refractivity contribution in [1.29, 1.82) is 0 Å². The first-order chi connectivity index (χ1) is 11.6. The lowest BCUT2D eigenvalue weighted by molar-refractivity contribution is 0.506. The minimum Gasteiger partial charge on any atom is -0.264 e. The highest BCUT2D eigenvalue weighted by molar-refractivity contribution is 7.91. The summed E-state index contributed by atoms with van der Waals surface area (Å²) in [6.07, 6.45) is 7.54. The largest absolute Gasteiger partial charge is 0.264 e. The van der Waals surface area contributed by atoms with Crippen molar-refractivity contribution in [3.05, 3.63) is 55.1 Å². The van der Waals surface area contributed by atoms with Crippen LogP contribution in [0.3, 0.4) is 0 Å². The average molecular weight is 340 g/mol. The van der Waals surface area contributed by atoms with Crippen LogP contribution in [0.15, 0.2) is 55.1 Å². The molecule has 4 heterocycles. The molecule has 1 unspecified atom stereocenters. The molecule has 1 saturated heterocycles. The molecule has 1 fully saturated rings. The van der Waals surface area contributed by atoms with Crippen molar-refractivity contribution < 1.29 is 8.42 Å². The smallest absolute Gasteiger partial charge is 0.152 e. The van der Waals surface area contributed by atoms with Gasteiger partial charge in [-0.1, -0.05) is 0 Å². The predicted molar refractivity (Wildman–Crippen MR) is 91.0 cm³/mol. The Hall–Kier alpha value is -2.54. The van der Waals surface area contributed by atoms with E-state index in [-0.39, 0.29) is 17.5 Å². The summed E-state index contributed by atoms with van der Waals surface area (Å²) < 4.78 is 25.6. The second-order valence-corrected chi connectivity index (χ2v) is 8.13. The monoisotopic (exact) mass is 340 g/mol. The Kier molecular flexibility index (Phi) is 3.65. The number of sulfone groups is 1. The maximum atomic E-state index is 11.9. The average Bonchev–Trinajstić information content (AvgIpc) is 3.20. The summed E-state index contributed by atoms with van der Waals surface area (Å²) >= 11 is 0. The third-order valence-electron chi connectivity index (χ3n) is 4.20. The molecule has 1 aliphatic rings. The molecule has 3 aromatic heterocycles. The molecule has 3 aromatic rings. The molecule has 0 amide bonds. The number of rotatable bonds is 3. The third kappa shape index (κ3) is 2.82. The Labute approximate surface area is 140 Å². The van der Waals surface area contributed by atoms with Crippen LogP contribution in [0, 0.1) is 0 Å². The van der Waals surface area contributed by atoms with E-state index in [1.807, 2.05) is 35.0 Å². The first-order valence-corrected chi connectivity index (χ1v) is 9.55. The van der Waals surface area contributed by atoms with Crippen molar-refractivity contribution in [3.63, 3.8) is 0 Å². The van der Waals surface area contributed by atoms with Crippen molar-refractivity contribution in [3.8, 4) is 22.5 Å². The fourth-order valence-corrected chi connectivity index (χ4v) is 4.72. The summed E-state index contributed by atoms with van der Waals surface area (Å²) in [5, 5.41) is 4.69. The number of nitrogens with zero attached hydrogens (tertiary/aromatic N) is 4. The van der Waals surface area contributed by atoms with Gasteiger partial charge in [0.1, 0.15) is 0 Å². The van der Waals surface area contributed by atoms with E-state index in [9.17, 15) is 8.42 Å². The lowest BCUT2D eigenvalue weighted by atomic mass is 10.1. The van der Waals surface area contributed by atoms with Crippen LogP contribution >= 0.6 is 0 Å². The van der Waals surface area contributed by atoms with E-state index in [1.165, 1.54) is 0 Å². The van der Waals surface area contributed by atoms with Gasteiger partial charge >= 0.3 is 0 Å². The molecule has 0 N–H and O–H groups in total. The van der Waals surface area contributed by atoms with Gasteiger partial charge in [0.15, 0.2) is 9.84 Å². The normalized spacial score (nSPS) is 19.4. The topological polar surface area (TPSA) is 77.7 Å². The summed E-state index contributed by atoms with van der Waals surface area (Å²) in [7, 11) is -2.99. The van der Waals surface area contributed by atoms with Crippen molar-refractivity contribution in [1.82, 2.24) is 19.7 Å². The highest BCUT2D eigenvalue weighted by Gasteiger charge is 2.31. The van der Waals surface area contributed by atoms with Gasteiger partial charge in [-0.3, -0.25) is 14.6 Å². The number of hydrogen-bond acceptors (Lipinski definition) is 5. The minimum absolute atomic E-state index is 0.133. The van der Waals surface area contributed by atoms with Crippen LogP contribution in [-0.4, -0.2) is 39.7 Å².